The second kappa shape index (κ2) is 9.42. The molecular weight excluding hydrogens is 272 g/mol. The van der Waals surface area contributed by atoms with Crippen LogP contribution in [-0.2, 0) is 4.79 Å². The van der Waals surface area contributed by atoms with E-state index in [2.05, 4.69) is 48.2 Å². The van der Waals surface area contributed by atoms with Crippen LogP contribution in [0.1, 0.15) is 38.2 Å². The molecule has 0 N–H and O–H groups in total. The highest BCUT2D eigenvalue weighted by Gasteiger charge is 2.19. The highest BCUT2D eigenvalue weighted by molar-refractivity contribution is 5.76. The van der Waals surface area contributed by atoms with E-state index < -0.39 is 0 Å². The van der Waals surface area contributed by atoms with E-state index in [0.717, 1.165) is 52.0 Å². The summed E-state index contributed by atoms with van der Waals surface area (Å²) in [6, 6.07) is 10.4. The Morgan fingerprint density at radius 2 is 1.82 bits per heavy atom. The molecule has 0 bridgehead atoms. The maximum absolute atomic E-state index is 12.1. The molecule has 1 aliphatic rings. The van der Waals surface area contributed by atoms with Crippen LogP contribution in [0.15, 0.2) is 36.4 Å². The first-order valence-electron chi connectivity index (χ1n) is 8.51. The number of benzene rings is 1. The van der Waals surface area contributed by atoms with E-state index in [1.807, 2.05) is 11.0 Å². The summed E-state index contributed by atoms with van der Waals surface area (Å²) in [5.41, 5.74) is 1.24. The molecule has 3 heteroatoms. The van der Waals surface area contributed by atoms with Gasteiger partial charge in [0.1, 0.15) is 0 Å². The molecule has 1 amide bonds. The summed E-state index contributed by atoms with van der Waals surface area (Å²) in [6.45, 7) is 6.87. The molecule has 1 heterocycles. The fraction of sp³-hybridized carbons (Fsp3) is 0.526. The topological polar surface area (TPSA) is 23.6 Å². The van der Waals surface area contributed by atoms with Crippen molar-refractivity contribution in [2.24, 2.45) is 0 Å². The van der Waals surface area contributed by atoms with Crippen molar-refractivity contribution in [1.82, 2.24) is 9.80 Å². The van der Waals surface area contributed by atoms with Gasteiger partial charge in [0.2, 0.25) is 5.91 Å². The van der Waals surface area contributed by atoms with Crippen LogP contribution in [0, 0.1) is 0 Å². The SMILES string of the molecule is CCCCCC(=O)N1CCN(CC=Cc2ccccc2)CC1. The van der Waals surface area contributed by atoms with Gasteiger partial charge in [0.05, 0.1) is 0 Å². The molecule has 1 aromatic carbocycles. The van der Waals surface area contributed by atoms with Gasteiger partial charge < -0.3 is 4.90 Å². The van der Waals surface area contributed by atoms with Crippen LogP contribution in [-0.4, -0.2) is 48.4 Å². The van der Waals surface area contributed by atoms with Crippen LogP contribution in [0.4, 0.5) is 0 Å². The van der Waals surface area contributed by atoms with Crippen molar-refractivity contribution in [2.75, 3.05) is 32.7 Å². The number of hydrogen-bond acceptors (Lipinski definition) is 2. The van der Waals surface area contributed by atoms with Gasteiger partial charge in [-0.1, -0.05) is 62.2 Å². The molecule has 1 saturated heterocycles. The first-order chi connectivity index (χ1) is 10.8. The monoisotopic (exact) mass is 300 g/mol. The van der Waals surface area contributed by atoms with Crippen molar-refractivity contribution in [2.45, 2.75) is 32.6 Å². The zero-order valence-electron chi connectivity index (χ0n) is 13.7. The van der Waals surface area contributed by atoms with Gasteiger partial charge in [0.25, 0.3) is 0 Å². The highest BCUT2D eigenvalue weighted by Crippen LogP contribution is 2.08. The van der Waals surface area contributed by atoms with Gasteiger partial charge in [0.15, 0.2) is 0 Å². The number of hydrogen-bond donors (Lipinski definition) is 0. The van der Waals surface area contributed by atoms with E-state index in [4.69, 9.17) is 0 Å². The lowest BCUT2D eigenvalue weighted by molar-refractivity contribution is -0.133. The quantitative estimate of drug-likeness (QED) is 0.720. The molecule has 0 unspecified atom stereocenters. The van der Waals surface area contributed by atoms with E-state index >= 15 is 0 Å². The Bertz CT molecular complexity index is 462. The minimum absolute atomic E-state index is 0.341. The minimum atomic E-state index is 0.341. The smallest absolute Gasteiger partial charge is 0.222 e. The van der Waals surface area contributed by atoms with E-state index in [9.17, 15) is 4.79 Å². The third kappa shape index (κ3) is 5.64. The first-order valence-corrected chi connectivity index (χ1v) is 8.51. The zero-order valence-corrected chi connectivity index (χ0v) is 13.7. The van der Waals surface area contributed by atoms with E-state index in [-0.39, 0.29) is 0 Å². The first kappa shape index (κ1) is 16.8. The normalized spacial score (nSPS) is 16.3. The molecular formula is C19H28N2O. The summed E-state index contributed by atoms with van der Waals surface area (Å²) in [5.74, 6) is 0.341. The Balaban J connectivity index is 1.66. The van der Waals surface area contributed by atoms with Crippen LogP contribution in [0.3, 0.4) is 0 Å². The summed E-state index contributed by atoms with van der Waals surface area (Å²) in [6.07, 6.45) is 8.48. The van der Waals surface area contributed by atoms with Crippen molar-refractivity contribution < 1.29 is 4.79 Å². The lowest BCUT2D eigenvalue weighted by Crippen LogP contribution is -2.48. The molecule has 0 saturated carbocycles. The maximum atomic E-state index is 12.1. The largest absolute Gasteiger partial charge is 0.340 e. The summed E-state index contributed by atoms with van der Waals surface area (Å²) in [4.78, 5) is 16.5. The second-order valence-electron chi connectivity index (χ2n) is 5.95. The minimum Gasteiger partial charge on any atom is -0.340 e. The molecule has 0 aromatic heterocycles. The summed E-state index contributed by atoms with van der Waals surface area (Å²) in [7, 11) is 0. The standard InChI is InChI=1S/C19H28N2O/c1-2-3-5-12-19(22)21-16-14-20(15-17-21)13-8-11-18-9-6-4-7-10-18/h4,6-11H,2-3,5,12-17H2,1H3. The van der Waals surface area contributed by atoms with Gasteiger partial charge in [-0.15, -0.1) is 0 Å². The Labute approximate surface area is 134 Å². The molecule has 0 aliphatic carbocycles. The van der Waals surface area contributed by atoms with Gasteiger partial charge in [-0.05, 0) is 12.0 Å². The molecule has 22 heavy (non-hydrogen) atoms. The molecule has 1 aliphatic heterocycles. The average molecular weight is 300 g/mol. The Hall–Kier alpha value is -1.61. The molecule has 120 valence electrons. The van der Waals surface area contributed by atoms with Crippen LogP contribution < -0.4 is 0 Å². The van der Waals surface area contributed by atoms with Crippen LogP contribution >= 0.6 is 0 Å². The third-order valence-electron chi connectivity index (χ3n) is 4.19. The van der Waals surface area contributed by atoms with Gasteiger partial charge in [0, 0.05) is 39.1 Å². The fourth-order valence-electron chi connectivity index (χ4n) is 2.77. The molecule has 0 atom stereocenters. The van der Waals surface area contributed by atoms with E-state index in [1.165, 1.54) is 12.0 Å². The van der Waals surface area contributed by atoms with E-state index in [1.54, 1.807) is 0 Å². The van der Waals surface area contributed by atoms with Crippen LogP contribution in [0.2, 0.25) is 0 Å². The summed E-state index contributed by atoms with van der Waals surface area (Å²) < 4.78 is 0. The van der Waals surface area contributed by atoms with Gasteiger partial charge in [-0.25, -0.2) is 0 Å². The molecule has 1 aromatic rings. The Kier molecular flexibility index (Phi) is 7.17. The van der Waals surface area contributed by atoms with Crippen LogP contribution in [0.5, 0.6) is 0 Å². The number of rotatable bonds is 7. The number of unbranched alkanes of at least 4 members (excludes halogenated alkanes) is 2. The lowest BCUT2D eigenvalue weighted by atomic mass is 10.2. The molecule has 0 radical (unpaired) electrons. The molecule has 1 fully saturated rings. The zero-order chi connectivity index (χ0) is 15.6. The molecule has 0 spiro atoms. The summed E-state index contributed by atoms with van der Waals surface area (Å²) >= 11 is 0. The third-order valence-corrected chi connectivity index (χ3v) is 4.19. The van der Waals surface area contributed by atoms with Crippen molar-refractivity contribution >= 4 is 12.0 Å². The highest BCUT2D eigenvalue weighted by atomic mass is 16.2. The van der Waals surface area contributed by atoms with Crippen molar-refractivity contribution in [3.63, 3.8) is 0 Å². The average Bonchev–Trinajstić information content (AvgIpc) is 2.56. The van der Waals surface area contributed by atoms with Gasteiger partial charge >= 0.3 is 0 Å². The predicted molar refractivity (Wildman–Crippen MR) is 92.6 cm³/mol. The van der Waals surface area contributed by atoms with Crippen molar-refractivity contribution in [3.05, 3.63) is 42.0 Å². The van der Waals surface area contributed by atoms with Gasteiger partial charge in [-0.2, -0.15) is 0 Å². The predicted octanol–water partition coefficient (Wildman–Crippen LogP) is 3.42. The van der Waals surface area contributed by atoms with Crippen LogP contribution in [0.25, 0.3) is 6.08 Å². The molecule has 2 rings (SSSR count). The second-order valence-corrected chi connectivity index (χ2v) is 5.95. The number of carbonyl (C=O) groups is 1. The Morgan fingerprint density at radius 1 is 1.09 bits per heavy atom. The number of amides is 1. The van der Waals surface area contributed by atoms with Crippen molar-refractivity contribution in [3.8, 4) is 0 Å². The number of nitrogens with zero attached hydrogens (tertiary/aromatic N) is 2. The molecule has 3 nitrogen and oxygen atoms in total. The maximum Gasteiger partial charge on any atom is 0.222 e. The number of carbonyl (C=O) groups excluding carboxylic acids is 1. The fourth-order valence-corrected chi connectivity index (χ4v) is 2.77. The Morgan fingerprint density at radius 3 is 2.50 bits per heavy atom. The van der Waals surface area contributed by atoms with Gasteiger partial charge in [-0.3, -0.25) is 9.69 Å². The van der Waals surface area contributed by atoms with Crippen molar-refractivity contribution in [1.29, 1.82) is 0 Å². The lowest BCUT2D eigenvalue weighted by Gasteiger charge is -2.34. The number of piperazine rings is 1. The van der Waals surface area contributed by atoms with E-state index in [0.29, 0.717) is 5.91 Å². The summed E-state index contributed by atoms with van der Waals surface area (Å²) in [5, 5.41) is 0.